The van der Waals surface area contributed by atoms with Gasteiger partial charge in [-0.2, -0.15) is 5.10 Å². The minimum Gasteiger partial charge on any atom is -0.454 e. The molecule has 32 heavy (non-hydrogen) atoms. The first-order valence-corrected chi connectivity index (χ1v) is 9.38. The van der Waals surface area contributed by atoms with Crippen molar-refractivity contribution in [3.63, 3.8) is 0 Å². The molecule has 0 atom stereocenters. The van der Waals surface area contributed by atoms with Crippen LogP contribution in [0, 0.1) is 10.1 Å². The zero-order chi connectivity index (χ0) is 22.5. The van der Waals surface area contributed by atoms with Crippen molar-refractivity contribution in [2.24, 2.45) is 5.10 Å². The molecule has 3 aromatic carbocycles. The molecule has 2 N–H and O–H groups in total. The molecule has 0 fully saturated rings. The highest BCUT2D eigenvalue weighted by atomic mass is 16.7. The maximum Gasteiger partial charge on any atom is 0.271 e. The average Bonchev–Trinajstić information content (AvgIpc) is 3.27. The minimum atomic E-state index is -0.537. The first-order valence-electron chi connectivity index (χ1n) is 9.38. The normalized spacial score (nSPS) is 11.9. The van der Waals surface area contributed by atoms with Gasteiger partial charge in [-0.15, -0.1) is 0 Å². The lowest BCUT2D eigenvalue weighted by atomic mass is 10.1. The van der Waals surface area contributed by atoms with Crippen LogP contribution >= 0.6 is 0 Å². The number of hydrogen-bond acceptors (Lipinski definition) is 7. The van der Waals surface area contributed by atoms with E-state index in [-0.39, 0.29) is 18.0 Å². The van der Waals surface area contributed by atoms with Gasteiger partial charge in [0.05, 0.1) is 11.1 Å². The van der Waals surface area contributed by atoms with Crippen LogP contribution in [0.2, 0.25) is 0 Å². The van der Waals surface area contributed by atoms with Crippen molar-refractivity contribution in [3.8, 4) is 11.5 Å². The van der Waals surface area contributed by atoms with Gasteiger partial charge in [-0.25, -0.2) is 5.43 Å². The molecule has 0 spiro atoms. The Labute approximate surface area is 181 Å². The number of rotatable bonds is 6. The van der Waals surface area contributed by atoms with E-state index in [4.69, 9.17) is 9.47 Å². The summed E-state index contributed by atoms with van der Waals surface area (Å²) in [5.74, 6) is 0.430. The molecule has 10 heteroatoms. The van der Waals surface area contributed by atoms with Gasteiger partial charge in [0.1, 0.15) is 0 Å². The van der Waals surface area contributed by atoms with Crippen molar-refractivity contribution < 1.29 is 24.0 Å². The van der Waals surface area contributed by atoms with Crippen LogP contribution in [0.1, 0.15) is 26.3 Å². The number of carbonyl (C=O) groups is 2. The van der Waals surface area contributed by atoms with Gasteiger partial charge in [0.15, 0.2) is 11.5 Å². The van der Waals surface area contributed by atoms with E-state index in [2.05, 4.69) is 15.8 Å². The standard InChI is InChI=1S/C22H16N4O6/c27-21(15-4-8-18(9-5-15)26(29)30)24-17-6-2-16(3-7-17)22(28)25-23-12-14-1-10-19-20(11-14)32-13-31-19/h1-12H,13H2,(H,24,27)(H,25,28)/b23-12-. The van der Waals surface area contributed by atoms with Crippen LogP contribution < -0.4 is 20.2 Å². The number of non-ortho nitro benzene ring substituents is 1. The van der Waals surface area contributed by atoms with Gasteiger partial charge in [0.2, 0.25) is 6.79 Å². The summed E-state index contributed by atoms with van der Waals surface area (Å²) in [6.45, 7) is 0.178. The van der Waals surface area contributed by atoms with Crippen molar-refractivity contribution in [2.75, 3.05) is 12.1 Å². The van der Waals surface area contributed by atoms with Crippen molar-refractivity contribution >= 4 is 29.4 Å². The molecule has 160 valence electrons. The maximum atomic E-state index is 12.3. The molecule has 1 aliphatic heterocycles. The van der Waals surface area contributed by atoms with E-state index in [9.17, 15) is 19.7 Å². The fraction of sp³-hybridized carbons (Fsp3) is 0.0455. The highest BCUT2D eigenvalue weighted by Crippen LogP contribution is 2.31. The Kier molecular flexibility index (Phi) is 5.75. The van der Waals surface area contributed by atoms with Crippen LogP contribution in [0.25, 0.3) is 0 Å². The Bertz CT molecular complexity index is 1210. The SMILES string of the molecule is O=C(N/N=C\c1ccc2c(c1)OCO2)c1ccc(NC(=O)c2ccc([N+](=O)[O-])cc2)cc1. The number of ether oxygens (including phenoxy) is 2. The monoisotopic (exact) mass is 432 g/mol. The predicted molar refractivity (Wildman–Crippen MR) is 115 cm³/mol. The summed E-state index contributed by atoms with van der Waals surface area (Å²) in [5.41, 5.74) is 4.16. The summed E-state index contributed by atoms with van der Waals surface area (Å²) < 4.78 is 10.5. The molecule has 1 aliphatic rings. The number of benzene rings is 3. The topological polar surface area (TPSA) is 132 Å². The van der Waals surface area contributed by atoms with Gasteiger partial charge in [-0.05, 0) is 60.2 Å². The van der Waals surface area contributed by atoms with Gasteiger partial charge in [-0.3, -0.25) is 19.7 Å². The summed E-state index contributed by atoms with van der Waals surface area (Å²) in [5, 5.41) is 17.3. The maximum absolute atomic E-state index is 12.3. The summed E-state index contributed by atoms with van der Waals surface area (Å²) >= 11 is 0. The van der Waals surface area contributed by atoms with Crippen molar-refractivity contribution in [1.82, 2.24) is 5.43 Å². The molecule has 2 amide bonds. The fourth-order valence-corrected chi connectivity index (χ4v) is 2.87. The smallest absolute Gasteiger partial charge is 0.271 e. The quantitative estimate of drug-likeness (QED) is 0.349. The first-order chi connectivity index (χ1) is 15.5. The van der Waals surface area contributed by atoms with E-state index < -0.39 is 16.7 Å². The first kappa shape index (κ1) is 20.5. The molecule has 0 aliphatic carbocycles. The lowest BCUT2D eigenvalue weighted by Crippen LogP contribution is -2.17. The second kappa shape index (κ2) is 8.96. The van der Waals surface area contributed by atoms with E-state index >= 15 is 0 Å². The number of nitrogens with one attached hydrogen (secondary N) is 2. The van der Waals surface area contributed by atoms with Gasteiger partial charge < -0.3 is 14.8 Å². The number of nitrogens with zero attached hydrogens (tertiary/aromatic N) is 2. The molecular weight excluding hydrogens is 416 g/mol. The summed E-state index contributed by atoms with van der Waals surface area (Å²) in [7, 11) is 0. The Hall–Kier alpha value is -4.73. The lowest BCUT2D eigenvalue weighted by molar-refractivity contribution is -0.384. The number of hydrazone groups is 1. The van der Waals surface area contributed by atoms with Crippen LogP contribution in [0.15, 0.2) is 71.8 Å². The lowest BCUT2D eigenvalue weighted by Gasteiger charge is -2.06. The number of carbonyl (C=O) groups excluding carboxylic acids is 2. The van der Waals surface area contributed by atoms with Gasteiger partial charge >= 0.3 is 0 Å². The molecule has 0 saturated carbocycles. The van der Waals surface area contributed by atoms with Crippen LogP contribution in [-0.2, 0) is 0 Å². The number of hydrogen-bond donors (Lipinski definition) is 2. The minimum absolute atomic E-state index is 0.0990. The number of nitro benzene ring substituents is 1. The number of fused-ring (bicyclic) bond motifs is 1. The third-order valence-corrected chi connectivity index (χ3v) is 4.52. The van der Waals surface area contributed by atoms with E-state index in [1.807, 2.05) is 0 Å². The number of anilines is 1. The fourth-order valence-electron chi connectivity index (χ4n) is 2.87. The molecule has 0 bridgehead atoms. The van der Waals surface area contributed by atoms with Gasteiger partial charge in [0.25, 0.3) is 17.5 Å². The molecule has 0 aromatic heterocycles. The molecule has 0 unspecified atom stereocenters. The molecule has 10 nitrogen and oxygen atoms in total. The molecule has 1 heterocycles. The Morgan fingerprint density at radius 1 is 0.906 bits per heavy atom. The van der Waals surface area contributed by atoms with Crippen molar-refractivity contribution in [3.05, 3.63) is 93.5 Å². The average molecular weight is 432 g/mol. The van der Waals surface area contributed by atoms with E-state index in [0.717, 1.165) is 5.56 Å². The van der Waals surface area contributed by atoms with Gasteiger partial charge in [-0.1, -0.05) is 0 Å². The van der Waals surface area contributed by atoms with Crippen molar-refractivity contribution in [1.29, 1.82) is 0 Å². The van der Waals surface area contributed by atoms with E-state index in [1.165, 1.54) is 42.6 Å². The summed E-state index contributed by atoms with van der Waals surface area (Å²) in [6, 6.07) is 16.8. The Balaban J connectivity index is 1.33. The Morgan fingerprint density at radius 2 is 1.56 bits per heavy atom. The van der Waals surface area contributed by atoms with Crippen LogP contribution in [0.3, 0.4) is 0 Å². The zero-order valence-electron chi connectivity index (χ0n) is 16.5. The summed E-state index contributed by atoms with van der Waals surface area (Å²) in [4.78, 5) is 34.7. The highest BCUT2D eigenvalue weighted by Gasteiger charge is 2.13. The zero-order valence-corrected chi connectivity index (χ0v) is 16.5. The Morgan fingerprint density at radius 3 is 2.28 bits per heavy atom. The largest absolute Gasteiger partial charge is 0.454 e. The summed E-state index contributed by atoms with van der Waals surface area (Å²) in [6.07, 6.45) is 1.48. The second-order valence-corrected chi connectivity index (χ2v) is 6.65. The van der Waals surface area contributed by atoms with Crippen LogP contribution in [-0.4, -0.2) is 29.7 Å². The van der Waals surface area contributed by atoms with Crippen LogP contribution in [0.4, 0.5) is 11.4 Å². The van der Waals surface area contributed by atoms with Gasteiger partial charge in [0, 0.05) is 28.9 Å². The number of nitro groups is 1. The number of amides is 2. The molecule has 3 aromatic rings. The third-order valence-electron chi connectivity index (χ3n) is 4.52. The third kappa shape index (κ3) is 4.70. The predicted octanol–water partition coefficient (Wildman–Crippen LogP) is 3.34. The second-order valence-electron chi connectivity index (χ2n) is 6.65. The van der Waals surface area contributed by atoms with Crippen LogP contribution in [0.5, 0.6) is 11.5 Å². The van der Waals surface area contributed by atoms with Crippen molar-refractivity contribution in [2.45, 2.75) is 0 Å². The molecule has 0 saturated heterocycles. The molecule has 0 radical (unpaired) electrons. The molecule has 4 rings (SSSR count). The van der Waals surface area contributed by atoms with E-state index in [0.29, 0.717) is 22.7 Å². The molecular formula is C22H16N4O6. The highest BCUT2D eigenvalue weighted by molar-refractivity contribution is 6.04. The van der Waals surface area contributed by atoms with E-state index in [1.54, 1.807) is 30.3 Å².